The van der Waals surface area contributed by atoms with Gasteiger partial charge < -0.3 is 30.0 Å². The number of anilines is 4. The normalized spacial score (nSPS) is 18.1. The van der Waals surface area contributed by atoms with Gasteiger partial charge in [-0.15, -0.1) is 0 Å². The van der Waals surface area contributed by atoms with Gasteiger partial charge in [0.2, 0.25) is 16.0 Å². The Labute approximate surface area is 204 Å². The van der Waals surface area contributed by atoms with Crippen molar-refractivity contribution >= 4 is 44.3 Å². The summed E-state index contributed by atoms with van der Waals surface area (Å²) in [5.74, 6) is 1.69. The summed E-state index contributed by atoms with van der Waals surface area (Å²) in [5.41, 5.74) is 3.05. The Balaban J connectivity index is 1.35. The molecule has 0 spiro atoms. The van der Waals surface area contributed by atoms with Crippen LogP contribution in [-0.4, -0.2) is 91.5 Å². The average Bonchev–Trinajstić information content (AvgIpc) is 3.34. The third-order valence-electron chi connectivity index (χ3n) is 6.36. The van der Waals surface area contributed by atoms with Gasteiger partial charge in [0.25, 0.3) is 0 Å². The van der Waals surface area contributed by atoms with Gasteiger partial charge in [0.05, 0.1) is 38.6 Å². The molecule has 3 aromatic rings. The van der Waals surface area contributed by atoms with Crippen molar-refractivity contribution in [2.75, 3.05) is 68.3 Å². The first kappa shape index (κ1) is 23.6. The highest BCUT2D eigenvalue weighted by atomic mass is 32.2. The van der Waals surface area contributed by atoms with E-state index < -0.39 is 10.0 Å². The number of morpholine rings is 1. The molecule has 2 aliphatic rings. The van der Waals surface area contributed by atoms with E-state index in [0.29, 0.717) is 67.8 Å². The molecule has 0 unspecified atom stereocenters. The summed E-state index contributed by atoms with van der Waals surface area (Å²) < 4.78 is 36.2. The summed E-state index contributed by atoms with van der Waals surface area (Å²) >= 11 is 0. The average molecular weight is 503 g/mol. The molecule has 0 aliphatic carbocycles. The number of benzene rings is 1. The van der Waals surface area contributed by atoms with Crippen LogP contribution in [0.2, 0.25) is 0 Å². The van der Waals surface area contributed by atoms with Crippen LogP contribution >= 0.6 is 0 Å². The molecule has 0 amide bonds. The van der Waals surface area contributed by atoms with Gasteiger partial charge in [-0.3, -0.25) is 0 Å². The maximum absolute atomic E-state index is 11.8. The van der Waals surface area contributed by atoms with Gasteiger partial charge in [0, 0.05) is 44.0 Å². The number of nitrogens with zero attached hydrogens (tertiary/aromatic N) is 5. The minimum Gasteiger partial charge on any atom is -0.494 e. The number of rotatable bonds is 7. The lowest BCUT2D eigenvalue weighted by Gasteiger charge is -2.31. The Hall–Kier alpha value is -3.16. The number of piperidine rings is 1. The second-order valence-electron chi connectivity index (χ2n) is 8.69. The lowest BCUT2D eigenvalue weighted by molar-refractivity contribution is 0.122. The molecule has 2 aromatic heterocycles. The third-order valence-corrected chi connectivity index (χ3v) is 7.66. The topological polar surface area (TPSA) is 138 Å². The molecule has 13 heteroatoms. The van der Waals surface area contributed by atoms with E-state index in [1.165, 1.54) is 10.6 Å². The first-order valence-electron chi connectivity index (χ1n) is 11.6. The van der Waals surface area contributed by atoms with E-state index in [4.69, 9.17) is 14.5 Å². The van der Waals surface area contributed by atoms with E-state index in [0.717, 1.165) is 24.5 Å². The van der Waals surface area contributed by atoms with Crippen molar-refractivity contribution in [1.82, 2.24) is 24.2 Å². The number of fused-ring (bicyclic) bond motifs is 1. The fraction of sp³-hybridized carbons (Fsp3) is 0.500. The molecule has 0 bridgehead atoms. The lowest BCUT2D eigenvalue weighted by atomic mass is 10.1. The van der Waals surface area contributed by atoms with Crippen LogP contribution in [-0.2, 0) is 14.8 Å². The Bertz CT molecular complexity index is 1280. The van der Waals surface area contributed by atoms with Gasteiger partial charge in [-0.2, -0.15) is 9.97 Å². The zero-order chi connectivity index (χ0) is 24.4. The number of hydrogen-bond donors (Lipinski definition) is 3. The molecule has 5 rings (SSSR count). The Kier molecular flexibility index (Phi) is 6.62. The largest absolute Gasteiger partial charge is 0.494 e. The quantitative estimate of drug-likeness (QED) is 0.438. The fourth-order valence-corrected chi connectivity index (χ4v) is 5.31. The monoisotopic (exact) mass is 502 g/mol. The minimum atomic E-state index is -3.17. The second-order valence-corrected chi connectivity index (χ2v) is 10.7. The van der Waals surface area contributed by atoms with E-state index in [-0.39, 0.29) is 6.04 Å². The molecule has 0 saturated carbocycles. The number of hydrogen-bond acceptors (Lipinski definition) is 10. The van der Waals surface area contributed by atoms with Crippen molar-refractivity contribution in [2.45, 2.75) is 18.9 Å². The molecular formula is C22H30N8O4S. The highest BCUT2D eigenvalue weighted by Crippen LogP contribution is 2.32. The first-order chi connectivity index (χ1) is 16.9. The van der Waals surface area contributed by atoms with Crippen molar-refractivity contribution in [2.24, 2.45) is 0 Å². The number of H-pyrrole nitrogens is 1. The van der Waals surface area contributed by atoms with Crippen molar-refractivity contribution in [1.29, 1.82) is 0 Å². The van der Waals surface area contributed by atoms with Crippen molar-refractivity contribution < 1.29 is 17.9 Å². The second kappa shape index (κ2) is 9.84. The van der Waals surface area contributed by atoms with E-state index in [9.17, 15) is 8.42 Å². The van der Waals surface area contributed by atoms with E-state index in [1.807, 2.05) is 18.2 Å². The van der Waals surface area contributed by atoms with Crippen LogP contribution in [0.1, 0.15) is 12.8 Å². The van der Waals surface area contributed by atoms with Crippen LogP contribution in [0.15, 0.2) is 24.5 Å². The molecule has 2 fully saturated rings. The molecule has 1 aromatic carbocycles. The number of ether oxygens (including phenoxy) is 2. The molecule has 2 saturated heterocycles. The molecule has 4 heterocycles. The highest BCUT2D eigenvalue weighted by molar-refractivity contribution is 7.88. The number of aromatic amines is 1. The summed E-state index contributed by atoms with van der Waals surface area (Å²) in [4.78, 5) is 18.9. The SMILES string of the molecule is COc1cc(N2CCOCC2)ccc1Nc1nc(NC2CCN(S(C)(=O)=O)CC2)c2[nH]cnc2n1. The standard InChI is InChI=1S/C22H30N8O4S/c1-33-18-13-16(29-9-11-34-12-10-29)3-4-17(18)26-22-27-20-19(23-14-24-20)21(28-22)25-15-5-7-30(8-6-15)35(2,31)32/h3-4,13-15H,5-12H2,1-2H3,(H3,23,24,25,26,27,28). The Morgan fingerprint density at radius 2 is 1.91 bits per heavy atom. The molecule has 12 nitrogen and oxygen atoms in total. The van der Waals surface area contributed by atoms with Crippen molar-refractivity contribution in [3.05, 3.63) is 24.5 Å². The number of methoxy groups -OCH3 is 1. The van der Waals surface area contributed by atoms with Crippen LogP contribution in [0.25, 0.3) is 11.2 Å². The smallest absolute Gasteiger partial charge is 0.231 e. The van der Waals surface area contributed by atoms with Crippen LogP contribution in [0.4, 0.5) is 23.1 Å². The predicted molar refractivity (Wildman–Crippen MR) is 134 cm³/mol. The van der Waals surface area contributed by atoms with E-state index >= 15 is 0 Å². The van der Waals surface area contributed by atoms with E-state index in [1.54, 1.807) is 13.4 Å². The summed E-state index contributed by atoms with van der Waals surface area (Å²) in [7, 11) is -1.54. The van der Waals surface area contributed by atoms with Gasteiger partial charge in [0.15, 0.2) is 11.5 Å². The highest BCUT2D eigenvalue weighted by Gasteiger charge is 2.26. The van der Waals surface area contributed by atoms with Crippen LogP contribution < -0.4 is 20.3 Å². The molecule has 0 atom stereocenters. The van der Waals surface area contributed by atoms with Crippen LogP contribution in [0, 0.1) is 0 Å². The van der Waals surface area contributed by atoms with Gasteiger partial charge >= 0.3 is 0 Å². The zero-order valence-corrected chi connectivity index (χ0v) is 20.6. The number of nitrogens with one attached hydrogen (secondary N) is 3. The zero-order valence-electron chi connectivity index (χ0n) is 19.8. The molecule has 0 radical (unpaired) electrons. The predicted octanol–water partition coefficient (Wildman–Crippen LogP) is 1.78. The van der Waals surface area contributed by atoms with Crippen molar-refractivity contribution in [3.8, 4) is 5.75 Å². The molecule has 3 N–H and O–H groups in total. The number of sulfonamides is 1. The summed E-state index contributed by atoms with van der Waals surface area (Å²) in [6.45, 7) is 4.06. The van der Waals surface area contributed by atoms with Crippen LogP contribution in [0.5, 0.6) is 5.75 Å². The van der Waals surface area contributed by atoms with Gasteiger partial charge in [-0.05, 0) is 25.0 Å². The minimum absolute atomic E-state index is 0.0876. The fourth-order valence-electron chi connectivity index (χ4n) is 4.44. The van der Waals surface area contributed by atoms with Gasteiger partial charge in [-0.25, -0.2) is 17.7 Å². The number of aromatic nitrogens is 4. The Morgan fingerprint density at radius 1 is 1.14 bits per heavy atom. The van der Waals surface area contributed by atoms with Crippen molar-refractivity contribution in [3.63, 3.8) is 0 Å². The Morgan fingerprint density at radius 3 is 2.63 bits per heavy atom. The summed E-state index contributed by atoms with van der Waals surface area (Å²) in [6.07, 6.45) is 4.20. The summed E-state index contributed by atoms with van der Waals surface area (Å²) in [5, 5.41) is 6.72. The van der Waals surface area contributed by atoms with Gasteiger partial charge in [0.1, 0.15) is 11.3 Å². The molecule has 35 heavy (non-hydrogen) atoms. The van der Waals surface area contributed by atoms with Crippen LogP contribution in [0.3, 0.4) is 0 Å². The maximum atomic E-state index is 11.8. The molecule has 188 valence electrons. The summed E-state index contributed by atoms with van der Waals surface area (Å²) in [6, 6.07) is 6.08. The van der Waals surface area contributed by atoms with Gasteiger partial charge in [-0.1, -0.05) is 0 Å². The third kappa shape index (κ3) is 5.26. The molecule has 2 aliphatic heterocycles. The maximum Gasteiger partial charge on any atom is 0.231 e. The van der Waals surface area contributed by atoms with E-state index in [2.05, 4.69) is 30.5 Å². The molecular weight excluding hydrogens is 472 g/mol. The first-order valence-corrected chi connectivity index (χ1v) is 13.5. The number of imidazole rings is 1. The lowest BCUT2D eigenvalue weighted by Crippen LogP contribution is -2.42.